The number of carbonyl (C=O) groups is 1. The van der Waals surface area contributed by atoms with E-state index in [0.717, 1.165) is 0 Å². The number of β-lactam (4-membered cyclic amide) rings is 1. The van der Waals surface area contributed by atoms with Crippen molar-refractivity contribution in [3.63, 3.8) is 0 Å². The predicted molar refractivity (Wildman–Crippen MR) is 85.0 cm³/mol. The molecule has 0 aliphatic carbocycles. The van der Waals surface area contributed by atoms with E-state index < -0.39 is 18.2 Å². The van der Waals surface area contributed by atoms with Gasteiger partial charge in [0.25, 0.3) is 5.91 Å². The van der Waals surface area contributed by atoms with Gasteiger partial charge in [0.15, 0.2) is 6.10 Å². The Balaban J connectivity index is 2.21. The van der Waals surface area contributed by atoms with E-state index in [0.29, 0.717) is 17.9 Å². The van der Waals surface area contributed by atoms with Gasteiger partial charge in [-0.05, 0) is 30.7 Å². The van der Waals surface area contributed by atoms with Crippen molar-refractivity contribution in [3.8, 4) is 5.75 Å². The van der Waals surface area contributed by atoms with Gasteiger partial charge in [-0.25, -0.2) is 0 Å². The molecule has 0 radical (unpaired) electrons. The van der Waals surface area contributed by atoms with Gasteiger partial charge >= 0.3 is 0 Å². The lowest BCUT2D eigenvalue weighted by Crippen LogP contribution is -2.70. The van der Waals surface area contributed by atoms with Crippen LogP contribution >= 0.6 is 0 Å². The number of hydrogen-bond donors (Lipinski definition) is 1. The van der Waals surface area contributed by atoms with Crippen LogP contribution in [-0.2, 0) is 9.53 Å². The Kier molecular flexibility index (Phi) is 5.35. The number of aliphatic hydroxyl groups is 1. The minimum Gasteiger partial charge on any atom is -0.497 e. The average molecular weight is 303 g/mol. The molecular formula is C17H21NO4. The maximum absolute atomic E-state index is 12.3. The standard InChI is InChI=1S/C17H21NO4/c1-4-6-14(19)15-16(22-11-5-2)17(20)18(15)12-7-9-13(21-3)10-8-12/h4-5,7-10,14-16,19H,1-2,6,11H2,3H3/t14-,15-,16-/m1/s1. The molecule has 118 valence electrons. The van der Waals surface area contributed by atoms with Crippen molar-refractivity contribution in [2.45, 2.75) is 24.7 Å². The number of anilines is 1. The molecule has 0 saturated carbocycles. The lowest BCUT2D eigenvalue weighted by Gasteiger charge is -2.48. The van der Waals surface area contributed by atoms with Gasteiger partial charge in [-0.3, -0.25) is 4.79 Å². The summed E-state index contributed by atoms with van der Waals surface area (Å²) >= 11 is 0. The lowest BCUT2D eigenvalue weighted by atomic mass is 9.90. The smallest absolute Gasteiger partial charge is 0.258 e. The molecule has 1 amide bonds. The molecule has 5 heteroatoms. The summed E-state index contributed by atoms with van der Waals surface area (Å²) in [7, 11) is 1.58. The van der Waals surface area contributed by atoms with Crippen LogP contribution in [0.2, 0.25) is 0 Å². The molecule has 1 heterocycles. The van der Waals surface area contributed by atoms with Crippen LogP contribution in [0.15, 0.2) is 49.6 Å². The summed E-state index contributed by atoms with van der Waals surface area (Å²) in [5, 5.41) is 10.3. The molecule has 1 aliphatic rings. The van der Waals surface area contributed by atoms with E-state index in [4.69, 9.17) is 9.47 Å². The van der Waals surface area contributed by atoms with Crippen molar-refractivity contribution < 1.29 is 19.4 Å². The fourth-order valence-corrected chi connectivity index (χ4v) is 2.55. The molecule has 0 unspecified atom stereocenters. The normalized spacial score (nSPS) is 21.9. The fourth-order valence-electron chi connectivity index (χ4n) is 2.55. The lowest BCUT2D eigenvalue weighted by molar-refractivity contribution is -0.145. The first-order valence-corrected chi connectivity index (χ1v) is 7.12. The molecule has 1 aliphatic heterocycles. The minimum absolute atomic E-state index is 0.167. The zero-order valence-electron chi connectivity index (χ0n) is 12.6. The third kappa shape index (κ3) is 3.05. The fraction of sp³-hybridized carbons (Fsp3) is 0.353. The third-order valence-electron chi connectivity index (χ3n) is 3.64. The summed E-state index contributed by atoms with van der Waals surface area (Å²) in [6.07, 6.45) is 2.21. The Morgan fingerprint density at radius 2 is 2.00 bits per heavy atom. The number of aliphatic hydroxyl groups excluding tert-OH is 1. The van der Waals surface area contributed by atoms with Crippen LogP contribution in [0.5, 0.6) is 5.75 Å². The number of methoxy groups -OCH3 is 1. The molecule has 3 atom stereocenters. The topological polar surface area (TPSA) is 59.0 Å². The Morgan fingerprint density at radius 1 is 1.32 bits per heavy atom. The van der Waals surface area contributed by atoms with Crippen molar-refractivity contribution in [2.75, 3.05) is 18.6 Å². The summed E-state index contributed by atoms with van der Waals surface area (Å²) in [6.45, 7) is 7.48. The van der Waals surface area contributed by atoms with Gasteiger partial charge in [0, 0.05) is 5.69 Å². The Labute approximate surface area is 130 Å². The van der Waals surface area contributed by atoms with E-state index in [1.807, 2.05) is 0 Å². The average Bonchev–Trinajstić information content (AvgIpc) is 2.53. The Bertz CT molecular complexity index is 540. The van der Waals surface area contributed by atoms with E-state index in [2.05, 4.69) is 13.2 Å². The summed E-state index contributed by atoms with van der Waals surface area (Å²) in [4.78, 5) is 13.9. The van der Waals surface area contributed by atoms with Crippen molar-refractivity contribution >= 4 is 11.6 Å². The van der Waals surface area contributed by atoms with E-state index in [1.165, 1.54) is 0 Å². The van der Waals surface area contributed by atoms with Gasteiger partial charge in [0.2, 0.25) is 0 Å². The van der Waals surface area contributed by atoms with Crippen molar-refractivity contribution in [3.05, 3.63) is 49.6 Å². The van der Waals surface area contributed by atoms with Crippen molar-refractivity contribution in [1.82, 2.24) is 0 Å². The van der Waals surface area contributed by atoms with Crippen LogP contribution in [0.25, 0.3) is 0 Å². The summed E-state index contributed by atoms with van der Waals surface area (Å²) in [6, 6.07) is 6.69. The number of benzene rings is 1. The maximum Gasteiger partial charge on any atom is 0.258 e. The number of rotatable bonds is 8. The number of ether oxygens (including phenoxy) is 2. The third-order valence-corrected chi connectivity index (χ3v) is 3.64. The van der Waals surface area contributed by atoms with E-state index in [1.54, 1.807) is 48.4 Å². The Morgan fingerprint density at radius 3 is 2.55 bits per heavy atom. The van der Waals surface area contributed by atoms with Gasteiger partial charge in [0.1, 0.15) is 5.75 Å². The van der Waals surface area contributed by atoms with Gasteiger partial charge in [-0.15, -0.1) is 13.2 Å². The van der Waals surface area contributed by atoms with Crippen LogP contribution in [0, 0.1) is 0 Å². The van der Waals surface area contributed by atoms with E-state index in [9.17, 15) is 9.90 Å². The highest BCUT2D eigenvalue weighted by molar-refractivity contribution is 6.05. The highest BCUT2D eigenvalue weighted by Gasteiger charge is 2.52. The second-order valence-corrected chi connectivity index (χ2v) is 5.03. The molecule has 0 spiro atoms. The maximum atomic E-state index is 12.3. The van der Waals surface area contributed by atoms with Crippen LogP contribution in [0.4, 0.5) is 5.69 Å². The largest absolute Gasteiger partial charge is 0.497 e. The zero-order valence-corrected chi connectivity index (χ0v) is 12.6. The molecule has 0 aromatic heterocycles. The van der Waals surface area contributed by atoms with Crippen LogP contribution in [0.1, 0.15) is 6.42 Å². The van der Waals surface area contributed by atoms with Gasteiger partial charge in [-0.1, -0.05) is 12.2 Å². The first-order valence-electron chi connectivity index (χ1n) is 7.12. The predicted octanol–water partition coefficient (Wildman–Crippen LogP) is 1.92. The molecule has 5 nitrogen and oxygen atoms in total. The molecule has 1 fully saturated rings. The van der Waals surface area contributed by atoms with E-state index >= 15 is 0 Å². The molecule has 1 N–H and O–H groups in total. The molecule has 0 bridgehead atoms. The number of hydrogen-bond acceptors (Lipinski definition) is 4. The van der Waals surface area contributed by atoms with Gasteiger partial charge in [0.05, 0.1) is 25.9 Å². The van der Waals surface area contributed by atoms with Crippen LogP contribution < -0.4 is 9.64 Å². The molecular weight excluding hydrogens is 282 g/mol. The van der Waals surface area contributed by atoms with Crippen molar-refractivity contribution in [1.29, 1.82) is 0 Å². The first kappa shape index (κ1) is 16.3. The zero-order chi connectivity index (χ0) is 16.1. The Hall–Kier alpha value is -2.11. The van der Waals surface area contributed by atoms with E-state index in [-0.39, 0.29) is 12.5 Å². The van der Waals surface area contributed by atoms with Crippen molar-refractivity contribution in [2.24, 2.45) is 0 Å². The highest BCUT2D eigenvalue weighted by Crippen LogP contribution is 2.34. The second-order valence-electron chi connectivity index (χ2n) is 5.03. The first-order chi connectivity index (χ1) is 10.6. The quantitative estimate of drug-likeness (QED) is 0.589. The van der Waals surface area contributed by atoms with Gasteiger partial charge in [-0.2, -0.15) is 0 Å². The summed E-state index contributed by atoms with van der Waals surface area (Å²) in [5.41, 5.74) is 0.706. The highest BCUT2D eigenvalue weighted by atomic mass is 16.5. The molecule has 22 heavy (non-hydrogen) atoms. The summed E-state index contributed by atoms with van der Waals surface area (Å²) < 4.78 is 10.6. The van der Waals surface area contributed by atoms with Crippen LogP contribution in [0.3, 0.4) is 0 Å². The molecule has 1 saturated heterocycles. The molecule has 1 aromatic rings. The number of amides is 1. The molecule has 2 rings (SSSR count). The monoisotopic (exact) mass is 303 g/mol. The summed E-state index contributed by atoms with van der Waals surface area (Å²) in [5.74, 6) is 0.541. The van der Waals surface area contributed by atoms with Gasteiger partial charge < -0.3 is 19.5 Å². The second kappa shape index (κ2) is 7.24. The van der Waals surface area contributed by atoms with Crippen LogP contribution in [-0.4, -0.2) is 43.0 Å². The number of carbonyl (C=O) groups excluding carboxylic acids is 1. The molecule has 1 aromatic carbocycles. The minimum atomic E-state index is -0.730. The SMILES string of the molecule is C=CCO[C@H]1C(=O)N(c2ccc(OC)cc2)[C@@H]1[C@H](O)CC=C. The number of nitrogens with zero attached hydrogens (tertiary/aromatic N) is 1.